The molecule has 2 amide bonds. The minimum Gasteiger partial charge on any atom is -0.343 e. The van der Waals surface area contributed by atoms with Crippen molar-refractivity contribution in [1.29, 1.82) is 0 Å². The van der Waals surface area contributed by atoms with Gasteiger partial charge < -0.3 is 9.80 Å². The van der Waals surface area contributed by atoms with E-state index in [9.17, 15) is 9.59 Å². The van der Waals surface area contributed by atoms with Gasteiger partial charge in [0.15, 0.2) is 5.69 Å². The summed E-state index contributed by atoms with van der Waals surface area (Å²) in [5.41, 5.74) is 4.24. The average molecular weight is 451 g/mol. The fraction of sp³-hybridized carbons (Fsp3) is 0.593. The lowest BCUT2D eigenvalue weighted by Crippen LogP contribution is -2.28. The number of hydrogen-bond donors (Lipinski definition) is 0. The number of rotatable bonds is 10. The van der Waals surface area contributed by atoms with Crippen LogP contribution in [0.15, 0.2) is 30.3 Å². The summed E-state index contributed by atoms with van der Waals surface area (Å²) in [7, 11) is 1.88. The van der Waals surface area contributed by atoms with Crippen molar-refractivity contribution in [3.8, 4) is 0 Å². The van der Waals surface area contributed by atoms with Crippen molar-refractivity contribution in [1.82, 2.24) is 19.6 Å². The number of likely N-dealkylation sites (tertiary alicyclic amines) is 1. The number of aromatic nitrogens is 2. The second-order valence-corrected chi connectivity index (χ2v) is 9.73. The molecule has 178 valence electrons. The van der Waals surface area contributed by atoms with Gasteiger partial charge in [0.2, 0.25) is 5.91 Å². The molecule has 6 heteroatoms. The number of fused-ring (bicyclic) bond motifs is 1. The monoisotopic (exact) mass is 450 g/mol. The van der Waals surface area contributed by atoms with E-state index in [-0.39, 0.29) is 5.91 Å². The number of carbonyl (C=O) groups is 2. The van der Waals surface area contributed by atoms with Crippen LogP contribution in [0.4, 0.5) is 0 Å². The molecule has 1 fully saturated rings. The van der Waals surface area contributed by atoms with Gasteiger partial charge in [-0.2, -0.15) is 5.10 Å². The summed E-state index contributed by atoms with van der Waals surface area (Å²) in [6.07, 6.45) is 9.26. The van der Waals surface area contributed by atoms with Crippen LogP contribution >= 0.6 is 0 Å². The Kier molecular flexibility index (Phi) is 7.84. The molecule has 0 bridgehead atoms. The molecule has 4 rings (SSSR count). The van der Waals surface area contributed by atoms with Gasteiger partial charge in [-0.1, -0.05) is 50.1 Å². The van der Waals surface area contributed by atoms with Crippen LogP contribution in [0.3, 0.4) is 0 Å². The van der Waals surface area contributed by atoms with E-state index < -0.39 is 0 Å². The molecule has 1 aromatic heterocycles. The third-order valence-corrected chi connectivity index (χ3v) is 7.16. The molecule has 1 aliphatic carbocycles. The van der Waals surface area contributed by atoms with Gasteiger partial charge in [-0.15, -0.1) is 0 Å². The maximum atomic E-state index is 13.4. The number of carbonyl (C=O) groups excluding carboxylic acids is 2. The van der Waals surface area contributed by atoms with Crippen LogP contribution in [0.5, 0.6) is 0 Å². The second-order valence-electron chi connectivity index (χ2n) is 9.73. The quantitative estimate of drug-likeness (QED) is 0.502. The lowest BCUT2D eigenvalue weighted by atomic mass is 9.83. The van der Waals surface area contributed by atoms with Gasteiger partial charge in [0.1, 0.15) is 0 Å². The van der Waals surface area contributed by atoms with Crippen LogP contribution in [0, 0.1) is 5.92 Å². The molecule has 6 nitrogen and oxygen atoms in total. The first kappa shape index (κ1) is 23.5. The average Bonchev–Trinajstić information content (AvgIpc) is 3.40. The highest BCUT2D eigenvalue weighted by atomic mass is 16.2. The molecule has 1 atom stereocenters. The SMILES string of the molecule is CCCn1nc(C(=O)N(C)Cc2ccccc2)c2c1CCC(CCCCN1CCCC1=O)C2. The Morgan fingerprint density at radius 3 is 2.70 bits per heavy atom. The molecule has 1 aromatic carbocycles. The largest absolute Gasteiger partial charge is 0.343 e. The van der Waals surface area contributed by atoms with Crippen LogP contribution < -0.4 is 0 Å². The lowest BCUT2D eigenvalue weighted by molar-refractivity contribution is -0.127. The number of aryl methyl sites for hydroxylation is 1. The first-order valence-corrected chi connectivity index (χ1v) is 12.7. The molecule has 33 heavy (non-hydrogen) atoms. The maximum absolute atomic E-state index is 13.4. The zero-order valence-electron chi connectivity index (χ0n) is 20.3. The molecule has 0 spiro atoms. The number of unbranched alkanes of at least 4 members (excludes halogenated alkanes) is 1. The molecular formula is C27H38N4O2. The molecule has 1 unspecified atom stereocenters. The van der Waals surface area contributed by atoms with Crippen molar-refractivity contribution in [2.75, 3.05) is 20.1 Å². The van der Waals surface area contributed by atoms with Crippen molar-refractivity contribution in [2.24, 2.45) is 5.92 Å². The van der Waals surface area contributed by atoms with Crippen molar-refractivity contribution >= 4 is 11.8 Å². The van der Waals surface area contributed by atoms with Gasteiger partial charge in [0, 0.05) is 50.9 Å². The first-order valence-electron chi connectivity index (χ1n) is 12.7. The Morgan fingerprint density at radius 1 is 1.15 bits per heavy atom. The van der Waals surface area contributed by atoms with Crippen molar-refractivity contribution in [3.63, 3.8) is 0 Å². The number of nitrogens with zero attached hydrogens (tertiary/aromatic N) is 4. The molecule has 1 saturated heterocycles. The molecule has 0 N–H and O–H groups in total. The van der Waals surface area contributed by atoms with E-state index in [1.807, 2.05) is 30.1 Å². The van der Waals surface area contributed by atoms with Crippen molar-refractivity contribution in [2.45, 2.75) is 77.8 Å². The third-order valence-electron chi connectivity index (χ3n) is 7.16. The van der Waals surface area contributed by atoms with Crippen LogP contribution in [-0.2, 0) is 30.7 Å². The van der Waals surface area contributed by atoms with Crippen molar-refractivity contribution in [3.05, 3.63) is 52.8 Å². The number of hydrogen-bond acceptors (Lipinski definition) is 3. The number of amides is 2. The van der Waals surface area contributed by atoms with Gasteiger partial charge in [0.05, 0.1) is 0 Å². The summed E-state index contributed by atoms with van der Waals surface area (Å²) in [6.45, 7) is 5.46. The highest BCUT2D eigenvalue weighted by Gasteiger charge is 2.30. The molecule has 2 aliphatic rings. The van der Waals surface area contributed by atoms with E-state index >= 15 is 0 Å². The molecule has 0 radical (unpaired) electrons. The van der Waals surface area contributed by atoms with Gasteiger partial charge in [0.25, 0.3) is 5.91 Å². The summed E-state index contributed by atoms with van der Waals surface area (Å²) >= 11 is 0. The van der Waals surface area contributed by atoms with E-state index in [0.29, 0.717) is 24.1 Å². The molecular weight excluding hydrogens is 412 g/mol. The smallest absolute Gasteiger partial charge is 0.274 e. The first-order chi connectivity index (χ1) is 16.1. The second kappa shape index (κ2) is 11.0. The Balaban J connectivity index is 1.40. The predicted molar refractivity (Wildman–Crippen MR) is 130 cm³/mol. The fourth-order valence-electron chi connectivity index (χ4n) is 5.36. The van der Waals surface area contributed by atoms with E-state index in [4.69, 9.17) is 5.10 Å². The van der Waals surface area contributed by atoms with Gasteiger partial charge >= 0.3 is 0 Å². The Morgan fingerprint density at radius 2 is 1.97 bits per heavy atom. The van der Waals surface area contributed by atoms with Crippen LogP contribution in [0.1, 0.15) is 79.2 Å². The Labute approximate surface area is 197 Å². The van der Waals surface area contributed by atoms with Gasteiger partial charge in [-0.05, 0) is 50.0 Å². The Hall–Kier alpha value is -2.63. The summed E-state index contributed by atoms with van der Waals surface area (Å²) < 4.78 is 2.09. The lowest BCUT2D eigenvalue weighted by Gasteiger charge is -2.24. The van der Waals surface area contributed by atoms with Gasteiger partial charge in [-0.3, -0.25) is 14.3 Å². The van der Waals surface area contributed by atoms with Gasteiger partial charge in [-0.25, -0.2) is 0 Å². The maximum Gasteiger partial charge on any atom is 0.274 e. The topological polar surface area (TPSA) is 58.4 Å². The van der Waals surface area contributed by atoms with Crippen molar-refractivity contribution < 1.29 is 9.59 Å². The van der Waals surface area contributed by atoms with E-state index in [2.05, 4.69) is 23.7 Å². The standard InChI is InChI=1S/C27H38N4O2/c1-3-16-31-24-15-14-21(10-7-8-17-30-18-9-13-25(30)32)19-23(24)26(28-31)27(33)29(2)20-22-11-5-4-6-12-22/h4-6,11-12,21H,3,7-10,13-20H2,1-2H3. The molecule has 0 saturated carbocycles. The normalized spacial score (nSPS) is 17.9. The van der Waals surface area contributed by atoms with Crippen LogP contribution in [0.25, 0.3) is 0 Å². The molecule has 2 aromatic rings. The highest BCUT2D eigenvalue weighted by Crippen LogP contribution is 2.32. The predicted octanol–water partition coefficient (Wildman–Crippen LogP) is 4.46. The Bertz CT molecular complexity index is 953. The molecule has 2 heterocycles. The van der Waals surface area contributed by atoms with E-state index in [1.165, 1.54) is 17.7 Å². The summed E-state index contributed by atoms with van der Waals surface area (Å²) in [5, 5.41) is 4.82. The van der Waals surface area contributed by atoms with Crippen LogP contribution in [-0.4, -0.2) is 51.5 Å². The fourth-order valence-corrected chi connectivity index (χ4v) is 5.36. The minimum absolute atomic E-state index is 0.0261. The summed E-state index contributed by atoms with van der Waals surface area (Å²) in [5.74, 6) is 0.943. The molecule has 1 aliphatic heterocycles. The summed E-state index contributed by atoms with van der Waals surface area (Å²) in [6, 6.07) is 10.1. The summed E-state index contributed by atoms with van der Waals surface area (Å²) in [4.78, 5) is 29.0. The zero-order chi connectivity index (χ0) is 23.2. The highest BCUT2D eigenvalue weighted by molar-refractivity contribution is 5.94. The minimum atomic E-state index is 0.0261. The van der Waals surface area contributed by atoms with E-state index in [1.54, 1.807) is 4.90 Å². The third kappa shape index (κ3) is 5.66. The number of benzene rings is 1. The zero-order valence-corrected chi connectivity index (χ0v) is 20.3. The van der Waals surface area contributed by atoms with E-state index in [0.717, 1.165) is 76.6 Å². The van der Waals surface area contributed by atoms with Crippen LogP contribution in [0.2, 0.25) is 0 Å².